The highest BCUT2D eigenvalue weighted by Gasteiger charge is 2.23. The second-order valence-corrected chi connectivity index (χ2v) is 5.58. The van der Waals surface area contributed by atoms with Gasteiger partial charge in [0.15, 0.2) is 17.5 Å². The Labute approximate surface area is 138 Å². The summed E-state index contributed by atoms with van der Waals surface area (Å²) in [7, 11) is 0. The minimum absolute atomic E-state index is 0.0203. The quantitative estimate of drug-likeness (QED) is 0.458. The predicted octanol–water partition coefficient (Wildman–Crippen LogP) is 4.61. The Balaban J connectivity index is 1.83. The lowest BCUT2D eigenvalue weighted by molar-refractivity contribution is 0.0184. The topological polar surface area (TPSA) is 50.1 Å². The van der Waals surface area contributed by atoms with Gasteiger partial charge in [0, 0.05) is 0 Å². The standard InChI is InChI=1S/C18H16F3NO2/c19-14(11-22)3-1-2-12-4-7-15(8-5-12)24-18(23)13-6-9-16(20)17(21)10-13/h1-3,6,9-10,12,15H,4-5,7-8H2. The first-order chi connectivity index (χ1) is 11.5. The molecule has 3 nitrogen and oxygen atoms in total. The average Bonchev–Trinajstić information content (AvgIpc) is 2.58. The molecular formula is C18H16F3NO2. The minimum atomic E-state index is -1.09. The Morgan fingerprint density at radius 3 is 2.54 bits per heavy atom. The van der Waals surface area contributed by atoms with Gasteiger partial charge in [0.1, 0.15) is 12.2 Å². The Bertz CT molecular complexity index is 699. The Hall–Kier alpha value is -2.55. The number of allylic oxidation sites excluding steroid dienone is 4. The van der Waals surface area contributed by atoms with Crippen LogP contribution in [0.15, 0.2) is 42.3 Å². The molecule has 1 aromatic carbocycles. The van der Waals surface area contributed by atoms with Gasteiger partial charge in [0.2, 0.25) is 0 Å². The molecule has 0 radical (unpaired) electrons. The summed E-state index contributed by atoms with van der Waals surface area (Å²) in [5.74, 6) is -3.39. The van der Waals surface area contributed by atoms with Crippen molar-refractivity contribution in [3.63, 3.8) is 0 Å². The maximum atomic E-state index is 13.1. The van der Waals surface area contributed by atoms with Gasteiger partial charge in [-0.1, -0.05) is 12.2 Å². The Morgan fingerprint density at radius 1 is 1.21 bits per heavy atom. The van der Waals surface area contributed by atoms with Crippen molar-refractivity contribution in [1.82, 2.24) is 0 Å². The van der Waals surface area contributed by atoms with Crippen LogP contribution >= 0.6 is 0 Å². The van der Waals surface area contributed by atoms with E-state index < -0.39 is 23.4 Å². The van der Waals surface area contributed by atoms with Crippen LogP contribution in [0.2, 0.25) is 0 Å². The van der Waals surface area contributed by atoms with Crippen LogP contribution in [-0.4, -0.2) is 12.1 Å². The van der Waals surface area contributed by atoms with Crippen molar-refractivity contribution in [3.05, 3.63) is 59.5 Å². The molecule has 0 atom stereocenters. The number of nitrogens with zero attached hydrogens (tertiary/aromatic N) is 1. The number of benzene rings is 1. The van der Waals surface area contributed by atoms with Crippen LogP contribution in [0.25, 0.3) is 0 Å². The summed E-state index contributed by atoms with van der Waals surface area (Å²) >= 11 is 0. The molecule has 0 aliphatic heterocycles. The smallest absolute Gasteiger partial charge is 0.338 e. The molecule has 2 rings (SSSR count). The molecule has 0 heterocycles. The summed E-state index contributed by atoms with van der Waals surface area (Å²) in [6.45, 7) is 0. The highest BCUT2D eigenvalue weighted by molar-refractivity contribution is 5.89. The lowest BCUT2D eigenvalue weighted by Crippen LogP contribution is -2.24. The molecule has 0 amide bonds. The van der Waals surface area contributed by atoms with Gasteiger partial charge in [-0.25, -0.2) is 13.6 Å². The van der Waals surface area contributed by atoms with E-state index in [1.54, 1.807) is 0 Å². The Morgan fingerprint density at radius 2 is 1.92 bits per heavy atom. The van der Waals surface area contributed by atoms with Gasteiger partial charge in [-0.2, -0.15) is 9.65 Å². The molecule has 1 fully saturated rings. The first-order valence-electron chi connectivity index (χ1n) is 7.59. The van der Waals surface area contributed by atoms with Gasteiger partial charge in [0.05, 0.1) is 5.56 Å². The van der Waals surface area contributed by atoms with Gasteiger partial charge in [-0.05, 0) is 55.9 Å². The molecule has 1 aliphatic rings. The second-order valence-electron chi connectivity index (χ2n) is 5.58. The number of esters is 1. The number of carbonyl (C=O) groups is 1. The molecule has 1 aromatic rings. The van der Waals surface area contributed by atoms with Crippen molar-refractivity contribution in [2.75, 3.05) is 0 Å². The minimum Gasteiger partial charge on any atom is -0.459 e. The average molecular weight is 335 g/mol. The van der Waals surface area contributed by atoms with Crippen LogP contribution in [0.3, 0.4) is 0 Å². The molecular weight excluding hydrogens is 319 g/mol. The van der Waals surface area contributed by atoms with E-state index in [0.717, 1.165) is 31.1 Å². The molecule has 1 aliphatic carbocycles. The zero-order valence-electron chi connectivity index (χ0n) is 12.8. The summed E-state index contributed by atoms with van der Waals surface area (Å²) in [6.07, 6.45) is 6.95. The summed E-state index contributed by atoms with van der Waals surface area (Å²) in [5, 5.41) is 8.30. The number of halogens is 3. The summed E-state index contributed by atoms with van der Waals surface area (Å²) in [4.78, 5) is 11.9. The Kier molecular flexibility index (Phi) is 6.19. The van der Waals surface area contributed by atoms with Crippen molar-refractivity contribution in [1.29, 1.82) is 5.26 Å². The van der Waals surface area contributed by atoms with E-state index in [4.69, 9.17) is 10.00 Å². The number of hydrogen-bond acceptors (Lipinski definition) is 3. The molecule has 1 saturated carbocycles. The van der Waals surface area contributed by atoms with Gasteiger partial charge in [0.25, 0.3) is 0 Å². The SMILES string of the molecule is N#CC(F)=CC=CC1CCC(OC(=O)c2ccc(F)c(F)c2)CC1. The van der Waals surface area contributed by atoms with E-state index in [9.17, 15) is 18.0 Å². The lowest BCUT2D eigenvalue weighted by atomic mass is 9.87. The van der Waals surface area contributed by atoms with Crippen LogP contribution in [-0.2, 0) is 4.74 Å². The van der Waals surface area contributed by atoms with E-state index in [1.165, 1.54) is 18.2 Å². The van der Waals surface area contributed by atoms with Gasteiger partial charge in [-0.15, -0.1) is 0 Å². The summed E-state index contributed by atoms with van der Waals surface area (Å²) < 4.78 is 43.9. The van der Waals surface area contributed by atoms with Crippen molar-refractivity contribution < 1.29 is 22.7 Å². The number of ether oxygens (including phenoxy) is 1. The first kappa shape index (κ1) is 17.8. The molecule has 24 heavy (non-hydrogen) atoms. The van der Waals surface area contributed by atoms with E-state index in [-0.39, 0.29) is 17.6 Å². The molecule has 0 unspecified atom stereocenters. The number of carbonyl (C=O) groups excluding carboxylic acids is 1. The third kappa shape index (κ3) is 4.98. The van der Waals surface area contributed by atoms with Gasteiger partial charge < -0.3 is 4.74 Å². The summed E-state index contributed by atoms with van der Waals surface area (Å²) in [6, 6.07) is 4.29. The van der Waals surface area contributed by atoms with Crippen LogP contribution < -0.4 is 0 Å². The predicted molar refractivity (Wildman–Crippen MR) is 81.5 cm³/mol. The fourth-order valence-corrected chi connectivity index (χ4v) is 2.58. The maximum Gasteiger partial charge on any atom is 0.338 e. The number of hydrogen-bond donors (Lipinski definition) is 0. The summed E-state index contributed by atoms with van der Waals surface area (Å²) in [5.41, 5.74) is -0.0203. The van der Waals surface area contributed by atoms with Gasteiger partial charge in [-0.3, -0.25) is 0 Å². The molecule has 0 bridgehead atoms. The van der Waals surface area contributed by atoms with E-state index in [0.29, 0.717) is 12.8 Å². The number of rotatable bonds is 4. The van der Waals surface area contributed by atoms with Gasteiger partial charge >= 0.3 is 5.97 Å². The highest BCUT2D eigenvalue weighted by Crippen LogP contribution is 2.28. The molecule has 0 saturated heterocycles. The lowest BCUT2D eigenvalue weighted by Gasteiger charge is -2.26. The number of nitriles is 1. The first-order valence-corrected chi connectivity index (χ1v) is 7.59. The largest absolute Gasteiger partial charge is 0.459 e. The normalized spacial score (nSPS) is 21.5. The zero-order valence-corrected chi connectivity index (χ0v) is 12.8. The molecule has 126 valence electrons. The fraction of sp³-hybridized carbons (Fsp3) is 0.333. The van der Waals surface area contributed by atoms with E-state index in [2.05, 4.69) is 0 Å². The van der Waals surface area contributed by atoms with Crippen LogP contribution in [0.5, 0.6) is 0 Å². The fourth-order valence-electron chi connectivity index (χ4n) is 2.58. The van der Waals surface area contributed by atoms with Crippen molar-refractivity contribution in [3.8, 4) is 6.07 Å². The van der Waals surface area contributed by atoms with Crippen LogP contribution in [0.1, 0.15) is 36.0 Å². The highest BCUT2D eigenvalue weighted by atomic mass is 19.2. The molecule has 6 heteroatoms. The molecule has 0 N–H and O–H groups in total. The monoisotopic (exact) mass is 335 g/mol. The van der Waals surface area contributed by atoms with E-state index in [1.807, 2.05) is 6.08 Å². The molecule has 0 aromatic heterocycles. The van der Waals surface area contributed by atoms with Crippen molar-refractivity contribution in [2.45, 2.75) is 31.8 Å². The van der Waals surface area contributed by atoms with Crippen molar-refractivity contribution in [2.24, 2.45) is 5.92 Å². The van der Waals surface area contributed by atoms with E-state index >= 15 is 0 Å². The zero-order chi connectivity index (χ0) is 17.5. The third-order valence-corrected chi connectivity index (χ3v) is 3.88. The third-order valence-electron chi connectivity index (χ3n) is 3.88. The maximum absolute atomic E-state index is 13.1. The second kappa shape index (κ2) is 8.34. The van der Waals surface area contributed by atoms with Crippen molar-refractivity contribution >= 4 is 5.97 Å². The van der Waals surface area contributed by atoms with Crippen LogP contribution in [0, 0.1) is 28.9 Å². The van der Waals surface area contributed by atoms with Crippen LogP contribution in [0.4, 0.5) is 13.2 Å². The molecule has 0 spiro atoms.